The van der Waals surface area contributed by atoms with E-state index in [4.69, 9.17) is 0 Å². The molecule has 1 fully saturated rings. The highest BCUT2D eigenvalue weighted by atomic mass is 32.2. The molecule has 0 radical (unpaired) electrons. The number of amides is 1. The number of benzene rings is 3. The predicted octanol–water partition coefficient (Wildman–Crippen LogP) is 4.26. The molecule has 1 atom stereocenters. The lowest BCUT2D eigenvalue weighted by molar-refractivity contribution is 0.0790. The van der Waals surface area contributed by atoms with Gasteiger partial charge in [0, 0.05) is 36.1 Å². The monoisotopic (exact) mass is 453 g/mol. The van der Waals surface area contributed by atoms with E-state index in [1.165, 1.54) is 36.4 Å². The summed E-state index contributed by atoms with van der Waals surface area (Å²) in [5.41, 5.74) is 2.31. The molecule has 166 valence electrons. The molecule has 2 N–H and O–H groups in total. The van der Waals surface area contributed by atoms with E-state index in [0.29, 0.717) is 24.2 Å². The number of hydrogen-bond donors (Lipinski definition) is 2. The number of carbonyl (C=O) groups excluding carboxylic acids is 1. The molecule has 3 aromatic carbocycles. The van der Waals surface area contributed by atoms with Gasteiger partial charge in [-0.2, -0.15) is 0 Å². The average Bonchev–Trinajstić information content (AvgIpc) is 3.24. The Bertz CT molecular complexity index is 1210. The van der Waals surface area contributed by atoms with Gasteiger partial charge in [0.15, 0.2) is 0 Å². The summed E-state index contributed by atoms with van der Waals surface area (Å²) in [6, 6.07) is 19.5. The van der Waals surface area contributed by atoms with Crippen molar-refractivity contribution in [1.29, 1.82) is 0 Å². The van der Waals surface area contributed by atoms with Gasteiger partial charge in [0.25, 0.3) is 15.9 Å². The van der Waals surface area contributed by atoms with Crippen molar-refractivity contribution in [2.24, 2.45) is 0 Å². The Morgan fingerprint density at radius 2 is 1.72 bits per heavy atom. The summed E-state index contributed by atoms with van der Waals surface area (Å²) in [5, 5.41) is 3.43. The number of hydrogen-bond acceptors (Lipinski definition) is 4. The summed E-state index contributed by atoms with van der Waals surface area (Å²) >= 11 is 0. The van der Waals surface area contributed by atoms with Crippen LogP contribution in [0.2, 0.25) is 0 Å². The summed E-state index contributed by atoms with van der Waals surface area (Å²) in [7, 11) is -3.93. The second-order valence-electron chi connectivity index (χ2n) is 7.84. The first-order valence-electron chi connectivity index (χ1n) is 10.3. The highest BCUT2D eigenvalue weighted by Crippen LogP contribution is 2.23. The van der Waals surface area contributed by atoms with Crippen LogP contribution in [-0.4, -0.2) is 38.4 Å². The molecule has 32 heavy (non-hydrogen) atoms. The summed E-state index contributed by atoms with van der Waals surface area (Å²) in [6.45, 7) is 2.92. The van der Waals surface area contributed by atoms with Crippen molar-refractivity contribution >= 4 is 27.3 Å². The van der Waals surface area contributed by atoms with Gasteiger partial charge >= 0.3 is 0 Å². The molecule has 0 aliphatic carbocycles. The lowest BCUT2D eigenvalue weighted by atomic mass is 10.1. The Hall–Kier alpha value is -3.39. The van der Waals surface area contributed by atoms with Gasteiger partial charge in [-0.25, -0.2) is 12.8 Å². The molecule has 0 saturated carbocycles. The van der Waals surface area contributed by atoms with Gasteiger partial charge < -0.3 is 10.2 Å². The molecule has 1 heterocycles. The molecule has 1 aliphatic rings. The number of rotatable bonds is 6. The first kappa shape index (κ1) is 21.8. The molecule has 1 saturated heterocycles. The average molecular weight is 454 g/mol. The minimum Gasteiger partial charge on any atom is -0.380 e. The maximum absolute atomic E-state index is 13.2. The van der Waals surface area contributed by atoms with Crippen LogP contribution >= 0.6 is 0 Å². The largest absolute Gasteiger partial charge is 0.380 e. The molecular weight excluding hydrogens is 429 g/mol. The van der Waals surface area contributed by atoms with E-state index in [2.05, 4.69) is 10.0 Å². The minimum atomic E-state index is -3.93. The van der Waals surface area contributed by atoms with Gasteiger partial charge in [-0.3, -0.25) is 9.52 Å². The molecule has 1 amide bonds. The first-order chi connectivity index (χ1) is 15.3. The Balaban J connectivity index is 1.49. The van der Waals surface area contributed by atoms with Crippen molar-refractivity contribution in [3.05, 3.63) is 89.7 Å². The van der Waals surface area contributed by atoms with Gasteiger partial charge in [-0.15, -0.1) is 0 Å². The molecule has 0 aromatic heterocycles. The molecular formula is C24H24FN3O3S. The number of nitrogens with zero attached hydrogens (tertiary/aromatic N) is 1. The summed E-state index contributed by atoms with van der Waals surface area (Å²) in [5.74, 6) is -0.652. The molecule has 0 bridgehead atoms. The Morgan fingerprint density at radius 3 is 2.44 bits per heavy atom. The SMILES string of the molecule is Cc1ccc(S(=O)(=O)Nc2ccc(F)cc2)cc1C(=O)N1CCC(Nc2ccccc2)C1. The molecule has 3 aromatic rings. The van der Waals surface area contributed by atoms with Crippen molar-refractivity contribution in [2.45, 2.75) is 24.3 Å². The van der Waals surface area contributed by atoms with Crippen LogP contribution in [0, 0.1) is 12.7 Å². The standard InChI is InChI=1S/C24H24FN3O3S/c1-17-7-12-22(32(30,31)27-20-10-8-18(25)9-11-20)15-23(17)24(29)28-14-13-21(16-28)26-19-5-3-2-4-6-19/h2-12,15,21,26-27H,13-14,16H2,1H3. The second-order valence-corrected chi connectivity index (χ2v) is 9.52. The highest BCUT2D eigenvalue weighted by Gasteiger charge is 2.28. The number of carbonyl (C=O) groups is 1. The lowest BCUT2D eigenvalue weighted by Crippen LogP contribution is -2.32. The molecule has 4 rings (SSSR count). The highest BCUT2D eigenvalue weighted by molar-refractivity contribution is 7.92. The van der Waals surface area contributed by atoms with Gasteiger partial charge in [-0.05, 0) is 67.4 Å². The van der Waals surface area contributed by atoms with Crippen molar-refractivity contribution in [3.8, 4) is 0 Å². The first-order valence-corrected chi connectivity index (χ1v) is 11.8. The molecule has 6 nitrogen and oxygen atoms in total. The lowest BCUT2D eigenvalue weighted by Gasteiger charge is -2.19. The zero-order valence-corrected chi connectivity index (χ0v) is 18.4. The van der Waals surface area contributed by atoms with Crippen LogP contribution in [0.3, 0.4) is 0 Å². The Morgan fingerprint density at radius 1 is 1.00 bits per heavy atom. The van der Waals surface area contributed by atoms with Gasteiger partial charge in [-0.1, -0.05) is 24.3 Å². The predicted molar refractivity (Wildman–Crippen MR) is 123 cm³/mol. The minimum absolute atomic E-state index is 0.0195. The summed E-state index contributed by atoms with van der Waals surface area (Å²) in [6.07, 6.45) is 0.809. The number of sulfonamides is 1. The number of likely N-dealkylation sites (tertiary alicyclic amines) is 1. The maximum Gasteiger partial charge on any atom is 0.261 e. The maximum atomic E-state index is 13.2. The van der Waals surface area contributed by atoms with Crippen molar-refractivity contribution in [1.82, 2.24) is 4.90 Å². The quantitative estimate of drug-likeness (QED) is 0.585. The normalized spacial score (nSPS) is 16.1. The van der Waals surface area contributed by atoms with E-state index in [0.717, 1.165) is 12.1 Å². The van der Waals surface area contributed by atoms with Gasteiger partial charge in [0.2, 0.25) is 0 Å². The van der Waals surface area contributed by atoms with E-state index in [9.17, 15) is 17.6 Å². The van der Waals surface area contributed by atoms with Gasteiger partial charge in [0.1, 0.15) is 5.82 Å². The van der Waals surface area contributed by atoms with Crippen molar-refractivity contribution in [3.63, 3.8) is 0 Å². The Kier molecular flexibility index (Phi) is 6.14. The van der Waals surface area contributed by atoms with Gasteiger partial charge in [0.05, 0.1) is 4.90 Å². The van der Waals surface area contributed by atoms with Crippen LogP contribution in [0.5, 0.6) is 0 Å². The van der Waals surface area contributed by atoms with Crippen LogP contribution in [-0.2, 0) is 10.0 Å². The number of aryl methyl sites for hydroxylation is 1. The third kappa shape index (κ3) is 4.91. The van der Waals surface area contributed by atoms with E-state index in [1.807, 2.05) is 30.3 Å². The topological polar surface area (TPSA) is 78.5 Å². The fourth-order valence-electron chi connectivity index (χ4n) is 3.73. The van der Waals surface area contributed by atoms with Crippen molar-refractivity contribution < 1.29 is 17.6 Å². The third-order valence-corrected chi connectivity index (χ3v) is 6.85. The van der Waals surface area contributed by atoms with Crippen LogP contribution in [0.1, 0.15) is 22.3 Å². The van der Waals surface area contributed by atoms with Crippen LogP contribution in [0.4, 0.5) is 15.8 Å². The summed E-state index contributed by atoms with van der Waals surface area (Å²) in [4.78, 5) is 14.9. The van der Waals surface area contributed by atoms with E-state index in [1.54, 1.807) is 17.9 Å². The Labute approximate surface area is 187 Å². The van der Waals surface area contributed by atoms with E-state index >= 15 is 0 Å². The number of para-hydroxylation sites is 1. The zero-order chi connectivity index (χ0) is 22.7. The number of nitrogens with one attached hydrogen (secondary N) is 2. The second kappa shape index (κ2) is 9.00. The van der Waals surface area contributed by atoms with E-state index in [-0.39, 0.29) is 22.5 Å². The van der Waals surface area contributed by atoms with Crippen LogP contribution in [0.15, 0.2) is 77.7 Å². The zero-order valence-electron chi connectivity index (χ0n) is 17.6. The third-order valence-electron chi connectivity index (χ3n) is 5.47. The molecule has 8 heteroatoms. The number of anilines is 2. The summed E-state index contributed by atoms with van der Waals surface area (Å²) < 4.78 is 41.1. The molecule has 0 spiro atoms. The molecule has 1 unspecified atom stereocenters. The van der Waals surface area contributed by atoms with E-state index < -0.39 is 15.8 Å². The van der Waals surface area contributed by atoms with Crippen LogP contribution in [0.25, 0.3) is 0 Å². The molecule has 1 aliphatic heterocycles. The fourth-order valence-corrected chi connectivity index (χ4v) is 4.82. The van der Waals surface area contributed by atoms with Crippen LogP contribution < -0.4 is 10.0 Å². The number of halogens is 1. The smallest absolute Gasteiger partial charge is 0.261 e. The fraction of sp³-hybridized carbons (Fsp3) is 0.208. The van der Waals surface area contributed by atoms with Crippen molar-refractivity contribution in [2.75, 3.05) is 23.1 Å².